The fraction of sp³-hybridized carbons (Fsp3) is 0.286. The normalized spacial score (nSPS) is 12.4. The van der Waals surface area contributed by atoms with Gasteiger partial charge in [-0.2, -0.15) is 0 Å². The van der Waals surface area contributed by atoms with Gasteiger partial charge in [-0.3, -0.25) is 9.97 Å². The Bertz CT molecular complexity index is 586. The highest BCUT2D eigenvalue weighted by Crippen LogP contribution is 2.39. The Hall–Kier alpha value is -1.70. The van der Waals surface area contributed by atoms with Crippen LogP contribution in [0.25, 0.3) is 11.1 Å². The van der Waals surface area contributed by atoms with E-state index < -0.39 is 0 Å². The number of pyridine rings is 2. The highest BCUT2D eigenvalue weighted by molar-refractivity contribution is 5.79. The molecule has 80 valence electrons. The molecule has 2 nitrogen and oxygen atoms in total. The van der Waals surface area contributed by atoms with Crippen molar-refractivity contribution in [3.8, 4) is 11.1 Å². The zero-order valence-corrected chi connectivity index (χ0v) is 9.83. The van der Waals surface area contributed by atoms with Gasteiger partial charge in [0, 0.05) is 29.9 Å². The molecule has 16 heavy (non-hydrogen) atoms. The number of rotatable bonds is 0. The lowest BCUT2D eigenvalue weighted by Gasteiger charge is -2.09. The minimum atomic E-state index is 0.882. The lowest BCUT2D eigenvalue weighted by atomic mass is 9.98. The van der Waals surface area contributed by atoms with E-state index >= 15 is 0 Å². The summed E-state index contributed by atoms with van der Waals surface area (Å²) in [6.07, 6.45) is 4.74. The first-order valence-corrected chi connectivity index (χ1v) is 5.58. The maximum absolute atomic E-state index is 4.54. The molecule has 0 fully saturated rings. The number of hydrogen-bond acceptors (Lipinski definition) is 2. The van der Waals surface area contributed by atoms with Gasteiger partial charge in [0.2, 0.25) is 0 Å². The van der Waals surface area contributed by atoms with Crippen LogP contribution in [0.15, 0.2) is 18.5 Å². The van der Waals surface area contributed by atoms with Crippen molar-refractivity contribution in [3.63, 3.8) is 0 Å². The molecule has 0 N–H and O–H groups in total. The molecule has 0 atom stereocenters. The quantitative estimate of drug-likeness (QED) is 0.570. The summed E-state index contributed by atoms with van der Waals surface area (Å²) in [6, 6.07) is 2.08. The number of aryl methyl sites for hydroxylation is 2. The molecule has 0 amide bonds. The Morgan fingerprint density at radius 1 is 0.938 bits per heavy atom. The lowest BCUT2D eigenvalue weighted by molar-refractivity contribution is 1.05. The minimum absolute atomic E-state index is 0.882. The Morgan fingerprint density at radius 3 is 2.50 bits per heavy atom. The average Bonchev–Trinajstić information content (AvgIpc) is 2.64. The highest BCUT2D eigenvalue weighted by atomic mass is 14.7. The van der Waals surface area contributed by atoms with Crippen molar-refractivity contribution < 1.29 is 0 Å². The van der Waals surface area contributed by atoms with Crippen molar-refractivity contribution in [1.82, 2.24) is 9.97 Å². The Kier molecular flexibility index (Phi) is 1.87. The molecular weight excluding hydrogens is 196 g/mol. The van der Waals surface area contributed by atoms with Crippen LogP contribution in [-0.2, 0) is 6.42 Å². The summed E-state index contributed by atoms with van der Waals surface area (Å²) in [5.41, 5.74) is 8.90. The monoisotopic (exact) mass is 210 g/mol. The molecule has 1 aliphatic carbocycles. The predicted octanol–water partition coefficient (Wildman–Crippen LogP) is 2.97. The van der Waals surface area contributed by atoms with Crippen molar-refractivity contribution in [2.24, 2.45) is 0 Å². The van der Waals surface area contributed by atoms with Crippen LogP contribution >= 0.6 is 0 Å². The molecule has 0 spiro atoms. The van der Waals surface area contributed by atoms with Crippen molar-refractivity contribution >= 4 is 0 Å². The minimum Gasteiger partial charge on any atom is -0.260 e. The fourth-order valence-electron chi connectivity index (χ4n) is 2.46. The lowest BCUT2D eigenvalue weighted by Crippen LogP contribution is -1.93. The first-order chi connectivity index (χ1) is 7.68. The smallest absolute Gasteiger partial charge is 0.0545 e. The van der Waals surface area contributed by atoms with Crippen LogP contribution in [0.4, 0.5) is 0 Å². The summed E-state index contributed by atoms with van der Waals surface area (Å²) in [5.74, 6) is 0. The molecule has 2 heteroatoms. The van der Waals surface area contributed by atoms with E-state index in [2.05, 4.69) is 36.8 Å². The van der Waals surface area contributed by atoms with Gasteiger partial charge in [-0.05, 0) is 43.5 Å². The molecule has 0 bridgehead atoms. The van der Waals surface area contributed by atoms with E-state index in [4.69, 9.17) is 0 Å². The van der Waals surface area contributed by atoms with E-state index in [1.54, 1.807) is 0 Å². The topological polar surface area (TPSA) is 25.8 Å². The van der Waals surface area contributed by atoms with Gasteiger partial charge >= 0.3 is 0 Å². The van der Waals surface area contributed by atoms with Gasteiger partial charge < -0.3 is 0 Å². The number of hydrogen-bond donors (Lipinski definition) is 0. The highest BCUT2D eigenvalue weighted by Gasteiger charge is 2.24. The summed E-state index contributed by atoms with van der Waals surface area (Å²) in [5, 5.41) is 0. The molecule has 0 aromatic carbocycles. The maximum Gasteiger partial charge on any atom is 0.0545 e. The van der Waals surface area contributed by atoms with Crippen molar-refractivity contribution in [2.75, 3.05) is 0 Å². The Labute approximate surface area is 95.4 Å². The third-order valence-electron chi connectivity index (χ3n) is 3.49. The van der Waals surface area contributed by atoms with Crippen LogP contribution < -0.4 is 0 Å². The van der Waals surface area contributed by atoms with Crippen LogP contribution in [0.3, 0.4) is 0 Å². The van der Waals surface area contributed by atoms with Crippen LogP contribution in [0.5, 0.6) is 0 Å². The number of fused-ring (bicyclic) bond motifs is 3. The molecule has 0 radical (unpaired) electrons. The van der Waals surface area contributed by atoms with E-state index in [0.717, 1.165) is 6.42 Å². The Morgan fingerprint density at radius 2 is 1.69 bits per heavy atom. The molecule has 2 aromatic rings. The van der Waals surface area contributed by atoms with Crippen molar-refractivity contribution in [2.45, 2.75) is 27.2 Å². The molecular formula is C14H14N2. The summed E-state index contributed by atoms with van der Waals surface area (Å²) in [7, 11) is 0. The van der Waals surface area contributed by atoms with E-state index in [0.29, 0.717) is 0 Å². The Balaban J connectivity index is 2.39. The van der Waals surface area contributed by atoms with Gasteiger partial charge in [0.1, 0.15) is 0 Å². The van der Waals surface area contributed by atoms with Gasteiger partial charge in [-0.25, -0.2) is 0 Å². The second-order valence-corrected chi connectivity index (χ2v) is 4.51. The van der Waals surface area contributed by atoms with E-state index in [9.17, 15) is 0 Å². The van der Waals surface area contributed by atoms with Gasteiger partial charge in [0.15, 0.2) is 0 Å². The van der Waals surface area contributed by atoms with Gasteiger partial charge in [0.25, 0.3) is 0 Å². The number of aromatic nitrogens is 2. The summed E-state index contributed by atoms with van der Waals surface area (Å²) in [4.78, 5) is 9.00. The molecule has 0 saturated heterocycles. The fourth-order valence-corrected chi connectivity index (χ4v) is 2.46. The third-order valence-corrected chi connectivity index (χ3v) is 3.49. The molecule has 1 aliphatic rings. The van der Waals surface area contributed by atoms with Crippen molar-refractivity contribution in [1.29, 1.82) is 0 Å². The first kappa shape index (κ1) is 9.52. The summed E-state index contributed by atoms with van der Waals surface area (Å²) >= 11 is 0. The van der Waals surface area contributed by atoms with Crippen LogP contribution in [0.1, 0.15) is 28.1 Å². The van der Waals surface area contributed by atoms with Gasteiger partial charge in [-0.15, -0.1) is 0 Å². The largest absolute Gasteiger partial charge is 0.260 e. The third kappa shape index (κ3) is 1.13. The standard InChI is InChI=1S/C14H14N2/c1-8-4-5-15-11-6-12-14(13(8)11)10(3)9(2)7-16-12/h4-5,7H,6H2,1-3H3. The van der Waals surface area contributed by atoms with Crippen LogP contribution in [0.2, 0.25) is 0 Å². The summed E-state index contributed by atoms with van der Waals surface area (Å²) < 4.78 is 0. The zero-order chi connectivity index (χ0) is 11.3. The molecule has 0 saturated carbocycles. The second kappa shape index (κ2) is 3.14. The number of nitrogens with zero attached hydrogens (tertiary/aromatic N) is 2. The van der Waals surface area contributed by atoms with Gasteiger partial charge in [0.05, 0.1) is 11.4 Å². The zero-order valence-electron chi connectivity index (χ0n) is 9.83. The first-order valence-electron chi connectivity index (χ1n) is 5.58. The van der Waals surface area contributed by atoms with E-state index in [1.807, 2.05) is 12.4 Å². The van der Waals surface area contributed by atoms with E-state index in [1.165, 1.54) is 39.2 Å². The van der Waals surface area contributed by atoms with Gasteiger partial charge in [-0.1, -0.05) is 0 Å². The van der Waals surface area contributed by atoms with Crippen LogP contribution in [0, 0.1) is 20.8 Å². The molecule has 3 rings (SSSR count). The molecule has 0 aliphatic heterocycles. The second-order valence-electron chi connectivity index (χ2n) is 4.51. The average molecular weight is 210 g/mol. The maximum atomic E-state index is 4.54. The van der Waals surface area contributed by atoms with Crippen molar-refractivity contribution in [3.05, 3.63) is 46.5 Å². The summed E-state index contributed by atoms with van der Waals surface area (Å²) in [6.45, 7) is 6.45. The molecule has 2 heterocycles. The molecule has 2 aromatic heterocycles. The van der Waals surface area contributed by atoms with Crippen LogP contribution in [-0.4, -0.2) is 9.97 Å². The SMILES string of the molecule is Cc1cnc2c(c1C)-c1c(C)ccnc1C2. The molecule has 0 unspecified atom stereocenters. The predicted molar refractivity (Wildman–Crippen MR) is 64.5 cm³/mol. The van der Waals surface area contributed by atoms with E-state index in [-0.39, 0.29) is 0 Å².